The van der Waals surface area contributed by atoms with Crippen molar-refractivity contribution in [2.75, 3.05) is 18.0 Å². The molecule has 112 valence electrons. The molecule has 0 radical (unpaired) electrons. The second-order valence-electron chi connectivity index (χ2n) is 5.13. The summed E-state index contributed by atoms with van der Waals surface area (Å²) in [6, 6.07) is -0.209. The molecule has 1 aliphatic heterocycles. The maximum Gasteiger partial charge on any atom is 0.200 e. The van der Waals surface area contributed by atoms with E-state index in [2.05, 4.69) is 0 Å². The summed E-state index contributed by atoms with van der Waals surface area (Å²) in [4.78, 5) is 1.19. The molecule has 1 aromatic carbocycles. The molecule has 1 fully saturated rings. The zero-order chi connectivity index (χ0) is 15.0. The van der Waals surface area contributed by atoms with Crippen molar-refractivity contribution in [2.24, 2.45) is 11.7 Å². The lowest BCUT2D eigenvalue weighted by atomic mass is 9.92. The molecule has 1 aliphatic rings. The highest BCUT2D eigenvalue weighted by molar-refractivity contribution is 5.51. The molecule has 0 aliphatic carbocycles. The summed E-state index contributed by atoms with van der Waals surface area (Å²) in [7, 11) is 0. The third-order valence-electron chi connectivity index (χ3n) is 3.70. The predicted molar refractivity (Wildman–Crippen MR) is 64.8 cm³/mol. The Labute approximate surface area is 113 Å². The highest BCUT2D eigenvalue weighted by Gasteiger charge is 2.32. The van der Waals surface area contributed by atoms with Gasteiger partial charge in [-0.2, -0.15) is 0 Å². The molecule has 0 bridgehead atoms. The zero-order valence-corrected chi connectivity index (χ0v) is 10.9. The molecule has 2 unspecified atom stereocenters. The van der Waals surface area contributed by atoms with E-state index in [0.29, 0.717) is 6.42 Å². The van der Waals surface area contributed by atoms with Crippen molar-refractivity contribution in [2.45, 2.75) is 25.8 Å². The van der Waals surface area contributed by atoms with Gasteiger partial charge in [0.1, 0.15) is 5.69 Å². The minimum absolute atomic E-state index is 0.0428. The molecular formula is C13H15F5N2. The van der Waals surface area contributed by atoms with E-state index in [4.69, 9.17) is 5.73 Å². The van der Waals surface area contributed by atoms with Crippen molar-refractivity contribution in [3.63, 3.8) is 0 Å². The lowest BCUT2D eigenvalue weighted by Crippen LogP contribution is -2.43. The maximum absolute atomic E-state index is 13.7. The Kier molecular flexibility index (Phi) is 4.17. The highest BCUT2D eigenvalue weighted by Crippen LogP contribution is 2.33. The first-order valence-corrected chi connectivity index (χ1v) is 6.36. The van der Waals surface area contributed by atoms with Gasteiger partial charge in [-0.1, -0.05) is 0 Å². The van der Waals surface area contributed by atoms with E-state index < -0.39 is 34.8 Å². The fraction of sp³-hybridized carbons (Fsp3) is 0.538. The van der Waals surface area contributed by atoms with Gasteiger partial charge in [-0.3, -0.25) is 0 Å². The van der Waals surface area contributed by atoms with Crippen LogP contribution >= 0.6 is 0 Å². The van der Waals surface area contributed by atoms with E-state index in [1.165, 1.54) is 4.90 Å². The van der Waals surface area contributed by atoms with Crippen LogP contribution in [-0.2, 0) is 0 Å². The van der Waals surface area contributed by atoms with Crippen LogP contribution < -0.4 is 10.6 Å². The number of benzene rings is 1. The van der Waals surface area contributed by atoms with Crippen molar-refractivity contribution in [3.8, 4) is 0 Å². The molecule has 7 heteroatoms. The summed E-state index contributed by atoms with van der Waals surface area (Å²) < 4.78 is 66.8. The Balaban J connectivity index is 2.42. The van der Waals surface area contributed by atoms with Crippen molar-refractivity contribution in [1.29, 1.82) is 0 Å². The van der Waals surface area contributed by atoms with Crippen molar-refractivity contribution < 1.29 is 22.0 Å². The van der Waals surface area contributed by atoms with Gasteiger partial charge in [-0.25, -0.2) is 22.0 Å². The number of anilines is 1. The first-order valence-electron chi connectivity index (χ1n) is 6.36. The number of hydrogen-bond acceptors (Lipinski definition) is 2. The van der Waals surface area contributed by atoms with Gasteiger partial charge in [0.2, 0.25) is 5.82 Å². The molecule has 0 saturated carbocycles. The monoisotopic (exact) mass is 294 g/mol. The van der Waals surface area contributed by atoms with Gasteiger partial charge < -0.3 is 10.6 Å². The van der Waals surface area contributed by atoms with Gasteiger partial charge >= 0.3 is 0 Å². The van der Waals surface area contributed by atoms with Gasteiger partial charge in [0, 0.05) is 19.1 Å². The van der Waals surface area contributed by atoms with E-state index >= 15 is 0 Å². The molecule has 20 heavy (non-hydrogen) atoms. The summed E-state index contributed by atoms with van der Waals surface area (Å²) in [5.74, 6) is -9.58. The second kappa shape index (κ2) is 5.55. The van der Waals surface area contributed by atoms with E-state index in [1.807, 2.05) is 0 Å². The van der Waals surface area contributed by atoms with Gasteiger partial charge in [0.15, 0.2) is 23.3 Å². The third kappa shape index (κ3) is 2.46. The van der Waals surface area contributed by atoms with E-state index in [-0.39, 0.29) is 25.0 Å². The molecule has 0 aromatic heterocycles. The summed E-state index contributed by atoms with van der Waals surface area (Å²) in [5.41, 5.74) is 4.89. The van der Waals surface area contributed by atoms with E-state index in [9.17, 15) is 22.0 Å². The van der Waals surface area contributed by atoms with Crippen LogP contribution in [0, 0.1) is 35.0 Å². The molecule has 0 spiro atoms. The number of nitrogens with two attached hydrogens (primary N) is 1. The molecule has 0 amide bonds. The normalized spacial score (nSPS) is 21.1. The van der Waals surface area contributed by atoms with Crippen molar-refractivity contribution in [3.05, 3.63) is 29.1 Å². The number of piperidine rings is 1. The molecule has 1 saturated heterocycles. The van der Waals surface area contributed by atoms with Gasteiger partial charge in [0.05, 0.1) is 0 Å². The first-order chi connectivity index (χ1) is 9.34. The number of nitrogens with zero attached hydrogens (tertiary/aromatic N) is 1. The van der Waals surface area contributed by atoms with Gasteiger partial charge in [0.25, 0.3) is 0 Å². The van der Waals surface area contributed by atoms with Crippen LogP contribution in [0.3, 0.4) is 0 Å². The molecule has 2 rings (SSSR count). The lowest BCUT2D eigenvalue weighted by Gasteiger charge is -2.36. The molecule has 2 atom stereocenters. The number of hydrogen-bond donors (Lipinski definition) is 1. The summed E-state index contributed by atoms with van der Waals surface area (Å²) in [6.07, 6.45) is 1.36. The van der Waals surface area contributed by atoms with Crippen LogP contribution in [-0.4, -0.2) is 19.1 Å². The average molecular weight is 294 g/mol. The van der Waals surface area contributed by atoms with Gasteiger partial charge in [-0.05, 0) is 25.7 Å². The molecule has 1 heterocycles. The largest absolute Gasteiger partial charge is 0.366 e. The lowest BCUT2D eigenvalue weighted by molar-refractivity contribution is 0.347. The van der Waals surface area contributed by atoms with Crippen LogP contribution in [0.1, 0.15) is 19.8 Å². The maximum atomic E-state index is 13.7. The fourth-order valence-corrected chi connectivity index (χ4v) is 2.51. The summed E-state index contributed by atoms with van der Waals surface area (Å²) in [6.45, 7) is 2.17. The van der Waals surface area contributed by atoms with Crippen LogP contribution in [0.5, 0.6) is 0 Å². The zero-order valence-electron chi connectivity index (χ0n) is 10.9. The molecule has 2 nitrogen and oxygen atoms in total. The van der Waals surface area contributed by atoms with Crippen LogP contribution in [0.25, 0.3) is 0 Å². The average Bonchev–Trinajstić information content (AvgIpc) is 2.43. The van der Waals surface area contributed by atoms with Crippen molar-refractivity contribution >= 4 is 5.69 Å². The second-order valence-corrected chi connectivity index (χ2v) is 5.13. The Morgan fingerprint density at radius 2 is 1.50 bits per heavy atom. The van der Waals surface area contributed by atoms with E-state index in [0.717, 1.165) is 6.42 Å². The van der Waals surface area contributed by atoms with Crippen LogP contribution in [0.15, 0.2) is 0 Å². The molecular weight excluding hydrogens is 279 g/mol. The number of halogens is 5. The Hall–Kier alpha value is -1.37. The smallest absolute Gasteiger partial charge is 0.200 e. The Bertz CT molecular complexity index is 489. The highest BCUT2D eigenvalue weighted by atomic mass is 19.2. The standard InChI is InChI=1S/C13H15F5N2/c1-6(19)7-3-2-4-20(5-7)13-11(17)9(15)8(14)10(16)12(13)18/h6-7H,2-5,19H2,1H3. The van der Waals surface area contributed by atoms with Crippen LogP contribution in [0.4, 0.5) is 27.6 Å². The molecule has 1 aromatic rings. The summed E-state index contributed by atoms with van der Waals surface area (Å²) in [5, 5.41) is 0. The Morgan fingerprint density at radius 1 is 1.00 bits per heavy atom. The fourth-order valence-electron chi connectivity index (χ4n) is 2.51. The van der Waals surface area contributed by atoms with Gasteiger partial charge in [-0.15, -0.1) is 0 Å². The number of rotatable bonds is 2. The third-order valence-corrected chi connectivity index (χ3v) is 3.70. The Morgan fingerprint density at radius 3 is 2.00 bits per heavy atom. The minimum Gasteiger partial charge on any atom is -0.366 e. The topological polar surface area (TPSA) is 29.3 Å². The minimum atomic E-state index is -2.13. The van der Waals surface area contributed by atoms with Crippen molar-refractivity contribution in [1.82, 2.24) is 0 Å². The first kappa shape index (κ1) is 15.0. The SMILES string of the molecule is CC(N)C1CCCN(c2c(F)c(F)c(F)c(F)c2F)C1. The molecule has 2 N–H and O–H groups in total. The quantitative estimate of drug-likeness (QED) is 0.516. The summed E-state index contributed by atoms with van der Waals surface area (Å²) >= 11 is 0. The van der Waals surface area contributed by atoms with E-state index in [1.54, 1.807) is 6.92 Å². The van der Waals surface area contributed by atoms with Crippen LogP contribution in [0.2, 0.25) is 0 Å². The predicted octanol–water partition coefficient (Wildman–Crippen LogP) is 2.95.